The molecule has 0 aliphatic rings. The van der Waals surface area contributed by atoms with Crippen molar-refractivity contribution in [3.63, 3.8) is 0 Å². The molecule has 20 heavy (non-hydrogen) atoms. The topological polar surface area (TPSA) is 29.5 Å². The van der Waals surface area contributed by atoms with Gasteiger partial charge in [-0.1, -0.05) is 34.1 Å². The first-order valence-corrected chi connectivity index (χ1v) is 8.10. The van der Waals surface area contributed by atoms with Crippen molar-refractivity contribution in [1.82, 2.24) is 0 Å². The van der Waals surface area contributed by atoms with Crippen LogP contribution in [0.3, 0.4) is 0 Å². The highest BCUT2D eigenvalue weighted by molar-refractivity contribution is 14.1. The van der Waals surface area contributed by atoms with Crippen LogP contribution in [0, 0.1) is 17.4 Å². The first-order chi connectivity index (χ1) is 9.47. The molecule has 2 aromatic carbocycles. The molecule has 4 heteroatoms. The maximum Gasteiger partial charge on any atom is 0.128 e. The lowest BCUT2D eigenvalue weighted by Crippen LogP contribution is -2.08. The molecule has 0 spiro atoms. The second kappa shape index (κ2) is 6.45. The molecule has 2 nitrogen and oxygen atoms in total. The summed E-state index contributed by atoms with van der Waals surface area (Å²) in [6.45, 7) is 3.97. The smallest absolute Gasteiger partial charge is 0.128 e. The van der Waals surface area contributed by atoms with Gasteiger partial charge in [0.25, 0.3) is 0 Å². The zero-order valence-corrected chi connectivity index (χ0v) is 15.3. The minimum absolute atomic E-state index is 0.700. The molecule has 0 amide bonds. The van der Waals surface area contributed by atoms with Gasteiger partial charge in [-0.05, 0) is 65.3 Å². The van der Waals surface area contributed by atoms with Gasteiger partial charge in [-0.25, -0.2) is 0 Å². The molecular formula is C16H16BrIO2. The Balaban J connectivity index is 2.66. The van der Waals surface area contributed by atoms with Crippen LogP contribution in [0.15, 0.2) is 34.8 Å². The van der Waals surface area contributed by atoms with Crippen molar-refractivity contribution in [2.75, 3.05) is 7.11 Å². The van der Waals surface area contributed by atoms with Gasteiger partial charge in [0, 0.05) is 13.6 Å². The van der Waals surface area contributed by atoms with Gasteiger partial charge in [0.2, 0.25) is 0 Å². The molecule has 2 aromatic rings. The maximum absolute atomic E-state index is 10.8. The standard InChI is InChI=1S/C16H16BrIO2/c1-9-8-12(17)10(2)14(16(9)20-3)15(19)11-6-4-5-7-13(11)18/h4-8,15,19H,1-3H3. The van der Waals surface area contributed by atoms with Crippen molar-refractivity contribution in [3.05, 3.63) is 60.6 Å². The molecule has 0 saturated heterocycles. The first-order valence-electron chi connectivity index (χ1n) is 6.23. The largest absolute Gasteiger partial charge is 0.496 e. The fourth-order valence-electron chi connectivity index (χ4n) is 2.33. The zero-order valence-electron chi connectivity index (χ0n) is 11.6. The number of rotatable bonds is 3. The van der Waals surface area contributed by atoms with Crippen LogP contribution >= 0.6 is 38.5 Å². The molecule has 0 heterocycles. The Hall–Kier alpha value is -0.590. The van der Waals surface area contributed by atoms with Crippen LogP contribution in [0.4, 0.5) is 0 Å². The van der Waals surface area contributed by atoms with Crippen molar-refractivity contribution in [3.8, 4) is 5.75 Å². The number of aliphatic hydroxyl groups excluding tert-OH is 1. The number of methoxy groups -OCH3 is 1. The summed E-state index contributed by atoms with van der Waals surface area (Å²) in [7, 11) is 1.64. The van der Waals surface area contributed by atoms with E-state index in [-0.39, 0.29) is 0 Å². The third-order valence-electron chi connectivity index (χ3n) is 3.39. The summed E-state index contributed by atoms with van der Waals surface area (Å²) in [5.74, 6) is 0.748. The van der Waals surface area contributed by atoms with Crippen LogP contribution in [0.5, 0.6) is 5.75 Å². The average Bonchev–Trinajstić information content (AvgIpc) is 2.42. The van der Waals surface area contributed by atoms with Gasteiger partial charge in [0.15, 0.2) is 0 Å². The van der Waals surface area contributed by atoms with Crippen molar-refractivity contribution in [2.24, 2.45) is 0 Å². The van der Waals surface area contributed by atoms with E-state index in [9.17, 15) is 5.11 Å². The Labute approximate surface area is 141 Å². The third-order valence-corrected chi connectivity index (χ3v) is 5.19. The van der Waals surface area contributed by atoms with Crippen LogP contribution in [0.25, 0.3) is 0 Å². The average molecular weight is 447 g/mol. The highest BCUT2D eigenvalue weighted by Gasteiger charge is 2.22. The van der Waals surface area contributed by atoms with E-state index in [0.717, 1.165) is 36.0 Å². The van der Waals surface area contributed by atoms with Crippen molar-refractivity contribution in [2.45, 2.75) is 20.0 Å². The minimum atomic E-state index is -0.700. The van der Waals surface area contributed by atoms with Gasteiger partial charge in [0.05, 0.1) is 7.11 Å². The lowest BCUT2D eigenvalue weighted by molar-refractivity contribution is 0.212. The molecule has 0 aliphatic carbocycles. The molecule has 1 unspecified atom stereocenters. The normalized spacial score (nSPS) is 12.3. The number of hydrogen-bond acceptors (Lipinski definition) is 2. The highest BCUT2D eigenvalue weighted by atomic mass is 127. The lowest BCUT2D eigenvalue weighted by Gasteiger charge is -2.21. The Morgan fingerprint density at radius 2 is 1.90 bits per heavy atom. The summed E-state index contributed by atoms with van der Waals surface area (Å²) in [4.78, 5) is 0. The van der Waals surface area contributed by atoms with E-state index in [1.165, 1.54) is 0 Å². The summed E-state index contributed by atoms with van der Waals surface area (Å²) in [6, 6.07) is 9.86. The molecule has 0 radical (unpaired) electrons. The molecule has 0 saturated carbocycles. The Bertz CT molecular complexity index is 641. The third kappa shape index (κ3) is 2.87. The molecular weight excluding hydrogens is 431 g/mol. The van der Waals surface area contributed by atoms with Crippen molar-refractivity contribution < 1.29 is 9.84 Å². The Morgan fingerprint density at radius 3 is 2.50 bits per heavy atom. The molecule has 0 aromatic heterocycles. The predicted molar refractivity (Wildman–Crippen MR) is 93.4 cm³/mol. The van der Waals surface area contributed by atoms with E-state index in [1.54, 1.807) is 7.11 Å². The number of benzene rings is 2. The second-order valence-electron chi connectivity index (χ2n) is 4.67. The maximum atomic E-state index is 10.8. The number of hydrogen-bond donors (Lipinski definition) is 1. The SMILES string of the molecule is COc1c(C)cc(Br)c(C)c1C(O)c1ccccc1I. The molecule has 0 fully saturated rings. The predicted octanol–water partition coefficient (Wildman–Crippen LogP) is 4.76. The van der Waals surface area contributed by atoms with E-state index >= 15 is 0 Å². The monoisotopic (exact) mass is 446 g/mol. The zero-order chi connectivity index (χ0) is 14.9. The quantitative estimate of drug-likeness (QED) is 0.688. The Morgan fingerprint density at radius 1 is 1.25 bits per heavy atom. The molecule has 1 atom stereocenters. The van der Waals surface area contributed by atoms with E-state index in [1.807, 2.05) is 44.2 Å². The van der Waals surface area contributed by atoms with Crippen molar-refractivity contribution in [1.29, 1.82) is 0 Å². The fourth-order valence-corrected chi connectivity index (χ4v) is 3.57. The van der Waals surface area contributed by atoms with E-state index in [4.69, 9.17) is 4.74 Å². The first kappa shape index (κ1) is 15.8. The van der Waals surface area contributed by atoms with E-state index < -0.39 is 6.10 Å². The highest BCUT2D eigenvalue weighted by Crippen LogP contribution is 2.39. The number of halogens is 2. The molecule has 1 N–H and O–H groups in total. The minimum Gasteiger partial charge on any atom is -0.496 e. The van der Waals surface area contributed by atoms with Crippen LogP contribution in [0.1, 0.15) is 28.4 Å². The lowest BCUT2D eigenvalue weighted by atomic mass is 9.94. The van der Waals surface area contributed by atoms with E-state index in [0.29, 0.717) is 0 Å². The summed E-state index contributed by atoms with van der Waals surface area (Å²) < 4.78 is 7.53. The fraction of sp³-hybridized carbons (Fsp3) is 0.250. The molecule has 0 aliphatic heterocycles. The van der Waals surface area contributed by atoms with Crippen LogP contribution < -0.4 is 4.74 Å². The molecule has 2 rings (SSSR count). The summed E-state index contributed by atoms with van der Waals surface area (Å²) in [6.07, 6.45) is -0.700. The number of ether oxygens (including phenoxy) is 1. The van der Waals surface area contributed by atoms with Crippen molar-refractivity contribution >= 4 is 38.5 Å². The van der Waals surface area contributed by atoms with Gasteiger partial charge < -0.3 is 9.84 Å². The summed E-state index contributed by atoms with van der Waals surface area (Å²) in [5, 5.41) is 10.8. The molecule has 0 bridgehead atoms. The van der Waals surface area contributed by atoms with E-state index in [2.05, 4.69) is 38.5 Å². The van der Waals surface area contributed by atoms with Gasteiger partial charge >= 0.3 is 0 Å². The summed E-state index contributed by atoms with van der Waals surface area (Å²) in [5.41, 5.74) is 3.72. The van der Waals surface area contributed by atoms with Crippen LogP contribution in [0.2, 0.25) is 0 Å². The number of aliphatic hydroxyl groups is 1. The van der Waals surface area contributed by atoms with Gasteiger partial charge in [-0.15, -0.1) is 0 Å². The van der Waals surface area contributed by atoms with Gasteiger partial charge in [-0.3, -0.25) is 0 Å². The molecule has 106 valence electrons. The van der Waals surface area contributed by atoms with Gasteiger partial charge in [-0.2, -0.15) is 0 Å². The van der Waals surface area contributed by atoms with Crippen LogP contribution in [-0.4, -0.2) is 12.2 Å². The van der Waals surface area contributed by atoms with Gasteiger partial charge in [0.1, 0.15) is 11.9 Å². The number of aryl methyl sites for hydroxylation is 1. The summed E-state index contributed by atoms with van der Waals surface area (Å²) >= 11 is 5.79. The second-order valence-corrected chi connectivity index (χ2v) is 6.69. The Kier molecular flexibility index (Phi) is 5.09. The van der Waals surface area contributed by atoms with Crippen LogP contribution in [-0.2, 0) is 0 Å².